The van der Waals surface area contributed by atoms with Crippen molar-refractivity contribution >= 4 is 18.6 Å². The van der Waals surface area contributed by atoms with Gasteiger partial charge < -0.3 is 4.74 Å². The zero-order valence-corrected chi connectivity index (χ0v) is 11.2. The van der Waals surface area contributed by atoms with Crippen molar-refractivity contribution in [3.8, 4) is 5.88 Å². The van der Waals surface area contributed by atoms with Gasteiger partial charge in [-0.1, -0.05) is 18.2 Å². The second-order valence-corrected chi connectivity index (χ2v) is 5.73. The molecule has 0 spiro atoms. The van der Waals surface area contributed by atoms with Crippen molar-refractivity contribution < 1.29 is 34.9 Å². The van der Waals surface area contributed by atoms with Crippen LogP contribution in [-0.2, 0) is 0 Å². The molecule has 1 N–H and O–H groups in total. The van der Waals surface area contributed by atoms with Crippen LogP contribution in [0.5, 0.6) is 5.88 Å². The molecular weight excluding hydrogens is 307 g/mol. The van der Waals surface area contributed by atoms with Gasteiger partial charge in [0.15, 0.2) is 6.20 Å². The molecule has 1 aromatic heterocycles. The molecule has 0 unspecified atom stereocenters. The Labute approximate surface area is 110 Å². The molecule has 1 heterocycles. The molecule has 0 radical (unpaired) electrons. The first-order chi connectivity index (χ1) is 8.85. The molecule has 0 aliphatic heterocycles. The predicted molar refractivity (Wildman–Crippen MR) is 65.2 cm³/mol. The zero-order valence-electron chi connectivity index (χ0n) is 10.3. The Morgan fingerprint density at radius 3 is 2.00 bits per heavy atom. The van der Waals surface area contributed by atoms with Gasteiger partial charge in [-0.15, -0.1) is 0 Å². The van der Waals surface area contributed by atoms with Crippen LogP contribution in [0.25, 0.3) is 10.8 Å². The van der Waals surface area contributed by atoms with Crippen molar-refractivity contribution in [2.75, 3.05) is 6.61 Å². The summed E-state index contributed by atoms with van der Waals surface area (Å²) in [5, 5.41) is 2.40. The number of aromatic nitrogens is 1. The third-order valence-electron chi connectivity index (χ3n) is 1.95. The summed E-state index contributed by atoms with van der Waals surface area (Å²) in [4.78, 5) is 3.09. The van der Waals surface area contributed by atoms with Crippen LogP contribution in [-0.4, -0.2) is 6.61 Å². The molecule has 114 valence electrons. The van der Waals surface area contributed by atoms with Crippen LogP contribution in [0.1, 0.15) is 6.92 Å². The molecule has 2 aromatic rings. The van der Waals surface area contributed by atoms with Crippen LogP contribution >= 0.6 is 7.81 Å². The Morgan fingerprint density at radius 1 is 1.00 bits per heavy atom. The standard InChI is InChI=1S/C11H11NO.F6P/c1-2-13-11-7-9-5-3-4-6-10(9)8-12-11;1-7(2,3,4,5)6/h3-8H,2H2,1H3;/q;-1/p+1. The number of fused-ring (bicyclic) bond motifs is 1. The fourth-order valence-corrected chi connectivity index (χ4v) is 1.34. The number of pyridine rings is 1. The van der Waals surface area contributed by atoms with Gasteiger partial charge >= 0.3 is 38.9 Å². The summed E-state index contributed by atoms with van der Waals surface area (Å²) >= 11 is 0. The van der Waals surface area contributed by atoms with Crippen molar-refractivity contribution in [2.45, 2.75) is 6.92 Å². The van der Waals surface area contributed by atoms with Crippen LogP contribution < -0.4 is 9.72 Å². The number of nitrogens with one attached hydrogen (secondary N) is 1. The second kappa shape index (κ2) is 4.77. The van der Waals surface area contributed by atoms with E-state index in [1.165, 1.54) is 10.8 Å². The summed E-state index contributed by atoms with van der Waals surface area (Å²) in [6.45, 7) is 2.66. The summed E-state index contributed by atoms with van der Waals surface area (Å²) in [5.74, 6) is 0.821. The number of aromatic amines is 1. The Morgan fingerprint density at radius 2 is 1.50 bits per heavy atom. The number of rotatable bonds is 2. The molecule has 9 heteroatoms. The Kier molecular flexibility index (Phi) is 3.93. The SMILES string of the molecule is CCOc1cc2ccccc2c[nH+]1.F[P-](F)(F)(F)(F)F. The first kappa shape index (κ1) is 16.5. The van der Waals surface area contributed by atoms with E-state index in [0.29, 0.717) is 6.61 Å². The van der Waals surface area contributed by atoms with E-state index >= 15 is 0 Å². The Hall–Kier alpha value is -1.56. The molecule has 0 saturated carbocycles. The van der Waals surface area contributed by atoms with Gasteiger partial charge in [0.1, 0.15) is 0 Å². The van der Waals surface area contributed by atoms with E-state index in [0.717, 1.165) is 5.88 Å². The minimum absolute atomic E-state index is 0.689. The molecule has 0 fully saturated rings. The van der Waals surface area contributed by atoms with Crippen molar-refractivity contribution in [3.05, 3.63) is 36.5 Å². The van der Waals surface area contributed by atoms with Crippen molar-refractivity contribution in [2.24, 2.45) is 0 Å². The molecular formula is C11H12F6NOP. The van der Waals surface area contributed by atoms with Gasteiger partial charge in [-0.2, -0.15) is 4.98 Å². The molecule has 0 bridgehead atoms. The third kappa shape index (κ3) is 8.53. The van der Waals surface area contributed by atoms with Crippen LogP contribution in [0.15, 0.2) is 36.5 Å². The van der Waals surface area contributed by atoms with Crippen molar-refractivity contribution in [3.63, 3.8) is 0 Å². The van der Waals surface area contributed by atoms with E-state index in [-0.39, 0.29) is 0 Å². The zero-order chi connectivity index (χ0) is 15.5. The molecule has 0 amide bonds. The van der Waals surface area contributed by atoms with Crippen molar-refractivity contribution in [1.29, 1.82) is 0 Å². The fourth-order valence-electron chi connectivity index (χ4n) is 1.34. The molecule has 0 atom stereocenters. The van der Waals surface area contributed by atoms with E-state index < -0.39 is 7.81 Å². The van der Waals surface area contributed by atoms with Gasteiger partial charge in [0.25, 0.3) is 0 Å². The average Bonchev–Trinajstić information content (AvgIpc) is 2.25. The minimum atomic E-state index is -10.7. The summed E-state index contributed by atoms with van der Waals surface area (Å²) in [6, 6.07) is 10.2. The maximum atomic E-state index is 9.87. The number of hydrogen-bond donors (Lipinski definition) is 0. The normalized spacial score (nSPS) is 14.8. The molecule has 0 saturated heterocycles. The van der Waals surface area contributed by atoms with Crippen LogP contribution in [0.3, 0.4) is 0 Å². The predicted octanol–water partition coefficient (Wildman–Crippen LogP) is 5.44. The third-order valence-corrected chi connectivity index (χ3v) is 1.95. The molecule has 0 aliphatic carbocycles. The van der Waals surface area contributed by atoms with Crippen LogP contribution in [0, 0.1) is 0 Å². The van der Waals surface area contributed by atoms with E-state index in [1.54, 1.807) is 0 Å². The summed E-state index contributed by atoms with van der Waals surface area (Å²) in [7, 11) is -10.7. The van der Waals surface area contributed by atoms with Gasteiger partial charge in [0, 0.05) is 5.39 Å². The van der Waals surface area contributed by atoms with Gasteiger partial charge in [-0.3, -0.25) is 0 Å². The van der Waals surface area contributed by atoms with Crippen LogP contribution in [0.2, 0.25) is 0 Å². The number of H-pyrrole nitrogens is 1. The second-order valence-electron chi connectivity index (χ2n) is 3.82. The van der Waals surface area contributed by atoms with Gasteiger partial charge in [0.2, 0.25) is 0 Å². The molecule has 1 aromatic carbocycles. The Balaban J connectivity index is 0.000000246. The number of ether oxygens (including phenoxy) is 1. The first-order valence-electron chi connectivity index (χ1n) is 5.45. The molecule has 2 nitrogen and oxygen atoms in total. The van der Waals surface area contributed by atoms with E-state index in [1.807, 2.05) is 31.3 Å². The number of benzene rings is 1. The van der Waals surface area contributed by atoms with E-state index in [2.05, 4.69) is 17.1 Å². The molecule has 20 heavy (non-hydrogen) atoms. The van der Waals surface area contributed by atoms with E-state index in [9.17, 15) is 25.2 Å². The average molecular weight is 319 g/mol. The molecule has 2 rings (SSSR count). The number of hydrogen-bond acceptors (Lipinski definition) is 1. The number of halogens is 6. The summed E-state index contributed by atoms with van der Waals surface area (Å²) in [6.07, 6.45) is 1.96. The maximum absolute atomic E-state index is 10.7. The monoisotopic (exact) mass is 319 g/mol. The van der Waals surface area contributed by atoms with Gasteiger partial charge in [0.05, 0.1) is 12.7 Å². The quantitative estimate of drug-likeness (QED) is 0.534. The van der Waals surface area contributed by atoms with Gasteiger partial charge in [-0.25, -0.2) is 0 Å². The van der Waals surface area contributed by atoms with Gasteiger partial charge in [-0.05, 0) is 18.4 Å². The van der Waals surface area contributed by atoms with E-state index in [4.69, 9.17) is 4.74 Å². The van der Waals surface area contributed by atoms with Crippen molar-refractivity contribution in [1.82, 2.24) is 0 Å². The topological polar surface area (TPSA) is 23.4 Å². The molecule has 0 aliphatic rings. The fraction of sp³-hybridized carbons (Fsp3) is 0.182. The van der Waals surface area contributed by atoms with Crippen LogP contribution in [0.4, 0.5) is 25.2 Å². The summed E-state index contributed by atoms with van der Waals surface area (Å²) in [5.41, 5.74) is 0. The first-order valence-corrected chi connectivity index (χ1v) is 7.47. The summed E-state index contributed by atoms with van der Waals surface area (Å²) < 4.78 is 64.6. The Bertz CT molecular complexity index is 586.